The van der Waals surface area contributed by atoms with E-state index in [4.69, 9.17) is 10.5 Å². The van der Waals surface area contributed by atoms with E-state index in [2.05, 4.69) is 20.3 Å². The number of ether oxygens (including phenoxy) is 1. The summed E-state index contributed by atoms with van der Waals surface area (Å²) in [4.78, 5) is 35.5. The quantitative estimate of drug-likeness (QED) is 0.618. The monoisotopic (exact) mass is 351 g/mol. The molecule has 0 fully saturated rings. The number of aromatic amines is 1. The number of methoxy groups -OCH3 is 1. The lowest BCUT2D eigenvalue weighted by atomic mass is 10.0. The van der Waals surface area contributed by atoms with Gasteiger partial charge in [-0.25, -0.2) is 14.8 Å². The van der Waals surface area contributed by atoms with Crippen LogP contribution in [0.15, 0.2) is 30.7 Å². The van der Waals surface area contributed by atoms with Crippen LogP contribution in [0.1, 0.15) is 44.4 Å². The number of nitrogens with zero attached hydrogens (tertiary/aromatic N) is 2. The minimum atomic E-state index is -0.368. The van der Waals surface area contributed by atoms with Gasteiger partial charge in [0.2, 0.25) is 0 Å². The minimum absolute atomic E-state index is 0.137. The average Bonchev–Trinajstić information content (AvgIpc) is 3.24. The summed E-state index contributed by atoms with van der Waals surface area (Å²) in [5.74, 6) is -0.665. The molecule has 3 aromatic rings. The predicted molar refractivity (Wildman–Crippen MR) is 94.6 cm³/mol. The molecular formula is C18H17N5O3. The van der Waals surface area contributed by atoms with Crippen LogP contribution in [0, 0.1) is 0 Å². The van der Waals surface area contributed by atoms with Crippen molar-refractivity contribution < 1.29 is 14.3 Å². The Morgan fingerprint density at radius 1 is 1.35 bits per heavy atom. The van der Waals surface area contributed by atoms with E-state index < -0.39 is 0 Å². The molecule has 2 heterocycles. The number of carbonyl (C=O) groups excluding carboxylic acids is 2. The van der Waals surface area contributed by atoms with Gasteiger partial charge in [-0.05, 0) is 36.1 Å². The molecule has 0 spiro atoms. The zero-order valence-electron chi connectivity index (χ0n) is 14.1. The fraction of sp³-hybridized carbons (Fsp3) is 0.222. The average molecular weight is 351 g/mol. The SMILES string of the molecule is COC(=O)c1ccc2c(c1)CCC2NC(=O)c1ncnc2c(N)c[nH]c12. The largest absolute Gasteiger partial charge is 0.465 e. The highest BCUT2D eigenvalue weighted by molar-refractivity contribution is 6.05. The van der Waals surface area contributed by atoms with Gasteiger partial charge in [0, 0.05) is 6.20 Å². The fourth-order valence-electron chi connectivity index (χ4n) is 3.37. The number of rotatable bonds is 3. The number of nitrogens with one attached hydrogen (secondary N) is 2. The topological polar surface area (TPSA) is 123 Å². The molecule has 26 heavy (non-hydrogen) atoms. The molecule has 1 unspecified atom stereocenters. The van der Waals surface area contributed by atoms with Crippen LogP contribution in [0.2, 0.25) is 0 Å². The summed E-state index contributed by atoms with van der Waals surface area (Å²) in [5, 5.41) is 3.01. The van der Waals surface area contributed by atoms with Gasteiger partial charge in [-0.2, -0.15) is 0 Å². The number of hydrogen-bond acceptors (Lipinski definition) is 6. The van der Waals surface area contributed by atoms with Gasteiger partial charge >= 0.3 is 5.97 Å². The highest BCUT2D eigenvalue weighted by atomic mass is 16.5. The summed E-state index contributed by atoms with van der Waals surface area (Å²) in [5.41, 5.74) is 10.2. The van der Waals surface area contributed by atoms with Crippen LogP contribution >= 0.6 is 0 Å². The maximum absolute atomic E-state index is 12.7. The van der Waals surface area contributed by atoms with E-state index in [1.165, 1.54) is 13.4 Å². The smallest absolute Gasteiger partial charge is 0.337 e. The molecular weight excluding hydrogens is 334 g/mol. The van der Waals surface area contributed by atoms with Gasteiger partial charge in [0.25, 0.3) is 5.91 Å². The van der Waals surface area contributed by atoms with Gasteiger partial charge in [-0.3, -0.25) is 4.79 Å². The second kappa shape index (κ2) is 6.14. The van der Waals surface area contributed by atoms with Gasteiger partial charge in [-0.1, -0.05) is 6.07 Å². The van der Waals surface area contributed by atoms with Crippen molar-refractivity contribution in [2.45, 2.75) is 18.9 Å². The molecule has 132 valence electrons. The highest BCUT2D eigenvalue weighted by Gasteiger charge is 2.26. The molecule has 0 aliphatic heterocycles. The molecule has 1 aliphatic carbocycles. The second-order valence-electron chi connectivity index (χ2n) is 6.16. The third-order valence-corrected chi connectivity index (χ3v) is 4.65. The van der Waals surface area contributed by atoms with E-state index >= 15 is 0 Å². The third-order valence-electron chi connectivity index (χ3n) is 4.65. The number of aromatic nitrogens is 3. The molecule has 0 bridgehead atoms. The van der Waals surface area contributed by atoms with Crippen molar-refractivity contribution in [1.82, 2.24) is 20.3 Å². The lowest BCUT2D eigenvalue weighted by Crippen LogP contribution is -2.28. The summed E-state index contributed by atoms with van der Waals surface area (Å²) in [6, 6.07) is 5.26. The first-order valence-corrected chi connectivity index (χ1v) is 8.18. The fourth-order valence-corrected chi connectivity index (χ4v) is 3.37. The molecule has 0 radical (unpaired) electrons. The second-order valence-corrected chi connectivity index (χ2v) is 6.16. The van der Waals surface area contributed by atoms with Gasteiger partial charge in [0.1, 0.15) is 11.8 Å². The molecule has 1 aliphatic rings. The number of amides is 1. The Morgan fingerprint density at radius 2 is 2.19 bits per heavy atom. The van der Waals surface area contributed by atoms with Crippen molar-refractivity contribution in [3.05, 3.63) is 53.1 Å². The molecule has 4 rings (SSSR count). The van der Waals surface area contributed by atoms with Crippen molar-refractivity contribution in [3.8, 4) is 0 Å². The Kier molecular flexibility index (Phi) is 3.80. The van der Waals surface area contributed by atoms with Crippen molar-refractivity contribution in [2.75, 3.05) is 12.8 Å². The maximum Gasteiger partial charge on any atom is 0.337 e. The molecule has 0 saturated carbocycles. The Bertz CT molecular complexity index is 1030. The van der Waals surface area contributed by atoms with Gasteiger partial charge in [0.15, 0.2) is 5.69 Å². The number of esters is 1. The molecule has 8 nitrogen and oxygen atoms in total. The summed E-state index contributed by atoms with van der Waals surface area (Å²) in [6.45, 7) is 0. The number of H-pyrrole nitrogens is 1. The third kappa shape index (κ3) is 2.55. The normalized spacial score (nSPS) is 15.7. The first-order chi connectivity index (χ1) is 12.6. The summed E-state index contributed by atoms with van der Waals surface area (Å²) in [7, 11) is 1.36. The van der Waals surface area contributed by atoms with E-state index in [1.807, 2.05) is 12.1 Å². The van der Waals surface area contributed by atoms with E-state index in [-0.39, 0.29) is 23.6 Å². The van der Waals surface area contributed by atoms with Crippen LogP contribution < -0.4 is 11.1 Å². The maximum atomic E-state index is 12.7. The van der Waals surface area contributed by atoms with Crippen LogP contribution in [0.3, 0.4) is 0 Å². The molecule has 8 heteroatoms. The number of hydrogen-bond donors (Lipinski definition) is 3. The van der Waals surface area contributed by atoms with Crippen molar-refractivity contribution in [1.29, 1.82) is 0 Å². The van der Waals surface area contributed by atoms with Crippen LogP contribution in [0.5, 0.6) is 0 Å². The van der Waals surface area contributed by atoms with Crippen LogP contribution in [-0.2, 0) is 11.2 Å². The molecule has 2 aromatic heterocycles. The Labute approximate surface area is 148 Å². The van der Waals surface area contributed by atoms with Crippen molar-refractivity contribution >= 4 is 28.6 Å². The number of anilines is 1. The van der Waals surface area contributed by atoms with Gasteiger partial charge in [-0.15, -0.1) is 0 Å². The summed E-state index contributed by atoms with van der Waals surface area (Å²) >= 11 is 0. The molecule has 1 amide bonds. The zero-order chi connectivity index (χ0) is 18.3. The van der Waals surface area contributed by atoms with E-state index in [1.54, 1.807) is 12.3 Å². The van der Waals surface area contributed by atoms with Gasteiger partial charge in [0.05, 0.1) is 29.9 Å². The van der Waals surface area contributed by atoms with Gasteiger partial charge < -0.3 is 20.8 Å². The predicted octanol–water partition coefficient (Wildman–Crippen LogP) is 1.74. The minimum Gasteiger partial charge on any atom is -0.465 e. The number of nitrogens with two attached hydrogens (primary N) is 1. The molecule has 1 atom stereocenters. The Morgan fingerprint density at radius 3 is 3.00 bits per heavy atom. The number of nitrogen functional groups attached to an aromatic ring is 1. The Hall–Kier alpha value is -3.42. The lowest BCUT2D eigenvalue weighted by molar-refractivity contribution is 0.0600. The number of benzene rings is 1. The zero-order valence-corrected chi connectivity index (χ0v) is 14.1. The number of aryl methyl sites for hydroxylation is 1. The first-order valence-electron chi connectivity index (χ1n) is 8.18. The highest BCUT2D eigenvalue weighted by Crippen LogP contribution is 2.32. The Balaban J connectivity index is 1.59. The molecule has 4 N–H and O–H groups in total. The molecule has 1 aromatic carbocycles. The van der Waals surface area contributed by atoms with Crippen LogP contribution in [-0.4, -0.2) is 33.9 Å². The summed E-state index contributed by atoms with van der Waals surface area (Å²) in [6.07, 6.45) is 4.45. The number of fused-ring (bicyclic) bond motifs is 2. The summed E-state index contributed by atoms with van der Waals surface area (Å²) < 4.78 is 4.75. The van der Waals surface area contributed by atoms with Crippen LogP contribution in [0.25, 0.3) is 11.0 Å². The first kappa shape index (κ1) is 16.1. The van der Waals surface area contributed by atoms with Crippen molar-refractivity contribution in [3.63, 3.8) is 0 Å². The molecule has 0 saturated heterocycles. The van der Waals surface area contributed by atoms with E-state index in [9.17, 15) is 9.59 Å². The lowest BCUT2D eigenvalue weighted by Gasteiger charge is -2.14. The standard InChI is InChI=1S/C18H17N5O3/c1-26-18(25)10-2-4-11-9(6-10)3-5-13(11)23-17(24)16-15-14(21-8-22-16)12(19)7-20-15/h2,4,6-8,13,20H,3,5,19H2,1H3,(H,23,24). The van der Waals surface area contributed by atoms with Crippen molar-refractivity contribution in [2.24, 2.45) is 0 Å². The van der Waals surface area contributed by atoms with E-state index in [0.29, 0.717) is 22.3 Å². The van der Waals surface area contributed by atoms with Crippen LogP contribution in [0.4, 0.5) is 5.69 Å². The van der Waals surface area contributed by atoms with E-state index in [0.717, 1.165) is 24.0 Å². The number of carbonyl (C=O) groups is 2.